The molecule has 0 amide bonds. The van der Waals surface area contributed by atoms with E-state index in [1.54, 1.807) is 21.3 Å². The first kappa shape index (κ1) is 18.6. The van der Waals surface area contributed by atoms with Crippen LogP contribution in [0.4, 0.5) is 0 Å². The van der Waals surface area contributed by atoms with Gasteiger partial charge in [0.15, 0.2) is 11.5 Å². The van der Waals surface area contributed by atoms with E-state index < -0.39 is 0 Å². The molecule has 0 unspecified atom stereocenters. The molecule has 0 heterocycles. The normalized spacial score (nSPS) is 12.2. The Morgan fingerprint density at radius 2 is 1.45 bits per heavy atom. The lowest BCUT2D eigenvalue weighted by atomic mass is 9.81. The third kappa shape index (κ3) is 5.09. The van der Waals surface area contributed by atoms with E-state index in [4.69, 9.17) is 14.2 Å². The first-order valence-electron chi connectivity index (χ1n) is 7.66. The van der Waals surface area contributed by atoms with Gasteiger partial charge in [-0.15, -0.1) is 0 Å². The fourth-order valence-corrected chi connectivity index (χ4v) is 3.03. The molecule has 1 aromatic carbocycles. The summed E-state index contributed by atoms with van der Waals surface area (Å²) in [4.78, 5) is 0. The first-order chi connectivity index (χ1) is 10.1. The van der Waals surface area contributed by atoms with Gasteiger partial charge in [-0.3, -0.25) is 0 Å². The maximum atomic E-state index is 5.53. The second-order valence-electron chi connectivity index (χ2n) is 7.47. The van der Waals surface area contributed by atoms with Crippen molar-refractivity contribution in [3.05, 3.63) is 17.7 Å². The zero-order valence-corrected chi connectivity index (χ0v) is 15.3. The summed E-state index contributed by atoms with van der Waals surface area (Å²) in [7, 11) is 4.91. The number of ether oxygens (including phenoxy) is 3. The molecule has 0 aliphatic carbocycles. The van der Waals surface area contributed by atoms with Crippen LogP contribution < -0.4 is 19.5 Å². The van der Waals surface area contributed by atoms with Crippen molar-refractivity contribution in [2.75, 3.05) is 21.3 Å². The second kappa shape index (κ2) is 7.23. The number of benzene rings is 1. The van der Waals surface area contributed by atoms with Gasteiger partial charge in [0.2, 0.25) is 5.75 Å². The highest BCUT2D eigenvalue weighted by Crippen LogP contribution is 2.40. The summed E-state index contributed by atoms with van der Waals surface area (Å²) in [5, 5.41) is 3.62. The van der Waals surface area contributed by atoms with Gasteiger partial charge in [0.05, 0.1) is 21.3 Å². The fourth-order valence-electron chi connectivity index (χ4n) is 3.03. The number of methoxy groups -OCH3 is 3. The van der Waals surface area contributed by atoms with E-state index >= 15 is 0 Å². The van der Waals surface area contributed by atoms with Crippen LogP contribution in [0.5, 0.6) is 17.2 Å². The van der Waals surface area contributed by atoms with Gasteiger partial charge in [-0.1, -0.05) is 26.8 Å². The van der Waals surface area contributed by atoms with Crippen LogP contribution in [-0.4, -0.2) is 26.9 Å². The van der Waals surface area contributed by atoms with Crippen LogP contribution in [0.25, 0.3) is 0 Å². The predicted molar refractivity (Wildman–Crippen MR) is 91.1 cm³/mol. The number of hydrogen-bond donors (Lipinski definition) is 1. The summed E-state index contributed by atoms with van der Waals surface area (Å²) in [6.45, 7) is 11.9. The Morgan fingerprint density at radius 1 is 0.864 bits per heavy atom. The Morgan fingerprint density at radius 3 is 1.91 bits per heavy atom. The van der Waals surface area contributed by atoms with Crippen molar-refractivity contribution in [2.24, 2.45) is 5.41 Å². The standard InChI is InChI=1S/C18H31NO3/c1-17(2,3)12-18(4,5)19-11-13-9-10-14(20-6)16(22-8)15(13)21-7/h9-10,19H,11-12H2,1-8H3. The van der Waals surface area contributed by atoms with Crippen molar-refractivity contribution in [1.29, 1.82) is 0 Å². The minimum Gasteiger partial charge on any atom is -0.493 e. The second-order valence-corrected chi connectivity index (χ2v) is 7.47. The third-order valence-corrected chi connectivity index (χ3v) is 3.52. The molecule has 0 atom stereocenters. The van der Waals surface area contributed by atoms with E-state index in [-0.39, 0.29) is 11.0 Å². The molecule has 0 bridgehead atoms. The predicted octanol–water partition coefficient (Wildman–Crippen LogP) is 4.02. The molecular formula is C18H31NO3. The van der Waals surface area contributed by atoms with Crippen LogP contribution in [0.3, 0.4) is 0 Å². The molecule has 1 aromatic rings. The van der Waals surface area contributed by atoms with E-state index in [2.05, 4.69) is 39.9 Å². The Balaban J connectivity index is 2.94. The van der Waals surface area contributed by atoms with Gasteiger partial charge in [0.25, 0.3) is 0 Å². The zero-order chi connectivity index (χ0) is 17.0. The van der Waals surface area contributed by atoms with Gasteiger partial charge < -0.3 is 19.5 Å². The lowest BCUT2D eigenvalue weighted by molar-refractivity contribution is 0.239. The molecule has 0 fully saturated rings. The van der Waals surface area contributed by atoms with E-state index in [0.29, 0.717) is 18.0 Å². The summed E-state index contributed by atoms with van der Waals surface area (Å²) < 4.78 is 16.3. The Labute approximate surface area is 135 Å². The van der Waals surface area contributed by atoms with Gasteiger partial charge in [0, 0.05) is 17.6 Å². The van der Waals surface area contributed by atoms with Gasteiger partial charge in [-0.05, 0) is 31.7 Å². The average Bonchev–Trinajstić information content (AvgIpc) is 2.41. The zero-order valence-electron chi connectivity index (χ0n) is 15.3. The molecule has 126 valence electrons. The Hall–Kier alpha value is -1.42. The molecule has 0 aromatic heterocycles. The molecule has 4 heteroatoms. The van der Waals surface area contributed by atoms with E-state index in [0.717, 1.165) is 17.7 Å². The fraction of sp³-hybridized carbons (Fsp3) is 0.667. The smallest absolute Gasteiger partial charge is 0.203 e. The molecule has 0 saturated heterocycles. The third-order valence-electron chi connectivity index (χ3n) is 3.52. The summed E-state index contributed by atoms with van der Waals surface area (Å²) in [6.07, 6.45) is 1.08. The van der Waals surface area contributed by atoms with E-state index in [1.165, 1.54) is 0 Å². The number of nitrogens with one attached hydrogen (secondary N) is 1. The summed E-state index contributed by atoms with van der Waals surface area (Å²) >= 11 is 0. The number of rotatable bonds is 7. The van der Waals surface area contributed by atoms with Crippen LogP contribution in [-0.2, 0) is 6.54 Å². The topological polar surface area (TPSA) is 39.7 Å². The Kier molecular flexibility index (Phi) is 6.12. The Bertz CT molecular complexity index is 490. The van der Waals surface area contributed by atoms with Gasteiger partial charge in [0.1, 0.15) is 0 Å². The van der Waals surface area contributed by atoms with Crippen molar-refractivity contribution in [3.8, 4) is 17.2 Å². The van der Waals surface area contributed by atoms with Crippen molar-refractivity contribution < 1.29 is 14.2 Å². The average molecular weight is 309 g/mol. The highest BCUT2D eigenvalue weighted by atomic mass is 16.5. The minimum atomic E-state index is 0.0381. The monoisotopic (exact) mass is 309 g/mol. The molecule has 1 N–H and O–H groups in total. The van der Waals surface area contributed by atoms with Crippen LogP contribution >= 0.6 is 0 Å². The maximum absolute atomic E-state index is 5.53. The lowest BCUT2D eigenvalue weighted by Gasteiger charge is -2.33. The molecule has 22 heavy (non-hydrogen) atoms. The summed E-state index contributed by atoms with van der Waals surface area (Å²) in [5.41, 5.74) is 1.37. The van der Waals surface area contributed by atoms with Crippen molar-refractivity contribution >= 4 is 0 Å². The lowest BCUT2D eigenvalue weighted by Crippen LogP contribution is -2.41. The summed E-state index contributed by atoms with van der Waals surface area (Å²) in [6, 6.07) is 3.93. The van der Waals surface area contributed by atoms with Gasteiger partial charge in [-0.25, -0.2) is 0 Å². The van der Waals surface area contributed by atoms with Crippen LogP contribution in [0.15, 0.2) is 12.1 Å². The minimum absolute atomic E-state index is 0.0381. The molecule has 0 saturated carbocycles. The van der Waals surface area contributed by atoms with Gasteiger partial charge >= 0.3 is 0 Å². The molecule has 4 nitrogen and oxygen atoms in total. The number of hydrogen-bond acceptors (Lipinski definition) is 4. The highest BCUT2D eigenvalue weighted by Gasteiger charge is 2.25. The molecular weight excluding hydrogens is 278 g/mol. The quantitative estimate of drug-likeness (QED) is 0.826. The van der Waals surface area contributed by atoms with Gasteiger partial charge in [-0.2, -0.15) is 0 Å². The highest BCUT2D eigenvalue weighted by molar-refractivity contribution is 5.55. The molecule has 1 rings (SSSR count). The van der Waals surface area contributed by atoms with Crippen LogP contribution in [0.2, 0.25) is 0 Å². The van der Waals surface area contributed by atoms with Crippen molar-refractivity contribution in [1.82, 2.24) is 5.32 Å². The van der Waals surface area contributed by atoms with Crippen molar-refractivity contribution in [3.63, 3.8) is 0 Å². The van der Waals surface area contributed by atoms with Crippen molar-refractivity contribution in [2.45, 2.75) is 53.1 Å². The molecule has 0 radical (unpaired) electrons. The molecule has 0 aliphatic heterocycles. The van der Waals surface area contributed by atoms with Crippen LogP contribution in [0, 0.1) is 5.41 Å². The van der Waals surface area contributed by atoms with E-state index in [1.807, 2.05) is 12.1 Å². The summed E-state index contributed by atoms with van der Waals surface area (Å²) in [5.74, 6) is 2.04. The largest absolute Gasteiger partial charge is 0.493 e. The molecule has 0 spiro atoms. The first-order valence-corrected chi connectivity index (χ1v) is 7.66. The molecule has 0 aliphatic rings. The van der Waals surface area contributed by atoms with E-state index in [9.17, 15) is 0 Å². The SMILES string of the molecule is COc1ccc(CNC(C)(C)CC(C)(C)C)c(OC)c1OC. The van der Waals surface area contributed by atoms with Crippen LogP contribution in [0.1, 0.15) is 46.6 Å². The maximum Gasteiger partial charge on any atom is 0.203 e.